The average Bonchev–Trinajstić information content (AvgIpc) is 2.36. The molecule has 1 unspecified atom stereocenters. The predicted molar refractivity (Wildman–Crippen MR) is 84.1 cm³/mol. The molecule has 0 aliphatic carbocycles. The Morgan fingerprint density at radius 2 is 2.00 bits per heavy atom. The number of para-hydroxylation sites is 1. The van der Waals surface area contributed by atoms with Crippen molar-refractivity contribution in [2.75, 3.05) is 5.32 Å². The van der Waals surface area contributed by atoms with Crippen molar-refractivity contribution in [3.63, 3.8) is 0 Å². The van der Waals surface area contributed by atoms with Gasteiger partial charge in [0.15, 0.2) is 0 Å². The van der Waals surface area contributed by atoms with Crippen LogP contribution in [0, 0.1) is 5.41 Å². The maximum Gasteiger partial charge on any atom is 0.260 e. The second-order valence-corrected chi connectivity index (χ2v) is 6.58. The molecule has 20 heavy (non-hydrogen) atoms. The molecule has 0 aliphatic heterocycles. The van der Waals surface area contributed by atoms with Crippen molar-refractivity contribution >= 4 is 16.9 Å². The van der Waals surface area contributed by atoms with Gasteiger partial charge in [0.1, 0.15) is 0 Å². The SMILES string of the molecule is CC(CCC(C)(C)C)Nc1nc2ccccc2c(=O)[nH]1. The van der Waals surface area contributed by atoms with E-state index < -0.39 is 0 Å². The van der Waals surface area contributed by atoms with E-state index in [1.165, 1.54) is 0 Å². The van der Waals surface area contributed by atoms with Gasteiger partial charge in [-0.15, -0.1) is 0 Å². The molecule has 1 aromatic heterocycles. The Morgan fingerprint density at radius 1 is 1.30 bits per heavy atom. The average molecular weight is 273 g/mol. The van der Waals surface area contributed by atoms with Gasteiger partial charge in [-0.1, -0.05) is 32.9 Å². The molecule has 2 rings (SSSR count). The first-order valence-electron chi connectivity index (χ1n) is 7.11. The quantitative estimate of drug-likeness (QED) is 0.895. The summed E-state index contributed by atoms with van der Waals surface area (Å²) in [4.78, 5) is 19.2. The van der Waals surface area contributed by atoms with Crippen LogP contribution in [-0.2, 0) is 0 Å². The van der Waals surface area contributed by atoms with E-state index in [2.05, 4.69) is 43.0 Å². The van der Waals surface area contributed by atoms with E-state index in [1.807, 2.05) is 18.2 Å². The molecule has 0 saturated carbocycles. The minimum Gasteiger partial charge on any atom is -0.353 e. The van der Waals surface area contributed by atoms with Crippen LogP contribution in [0.15, 0.2) is 29.1 Å². The first-order valence-corrected chi connectivity index (χ1v) is 7.11. The van der Waals surface area contributed by atoms with Crippen LogP contribution in [0.2, 0.25) is 0 Å². The fourth-order valence-electron chi connectivity index (χ4n) is 2.11. The Hall–Kier alpha value is -1.84. The number of hydrogen-bond acceptors (Lipinski definition) is 3. The minimum absolute atomic E-state index is 0.0962. The molecular weight excluding hydrogens is 250 g/mol. The molecule has 1 aromatic carbocycles. The second-order valence-electron chi connectivity index (χ2n) is 6.58. The zero-order valence-electron chi connectivity index (χ0n) is 12.7. The lowest BCUT2D eigenvalue weighted by molar-refractivity contribution is 0.356. The Kier molecular flexibility index (Phi) is 4.12. The first-order chi connectivity index (χ1) is 9.35. The topological polar surface area (TPSA) is 57.8 Å². The number of rotatable bonds is 4. The monoisotopic (exact) mass is 273 g/mol. The lowest BCUT2D eigenvalue weighted by Gasteiger charge is -2.21. The molecule has 4 heteroatoms. The fourth-order valence-corrected chi connectivity index (χ4v) is 2.11. The van der Waals surface area contributed by atoms with E-state index in [4.69, 9.17) is 0 Å². The zero-order chi connectivity index (χ0) is 14.8. The van der Waals surface area contributed by atoms with Gasteiger partial charge in [0, 0.05) is 6.04 Å². The number of hydrogen-bond donors (Lipinski definition) is 2. The standard InChI is InChI=1S/C16H23N3O/c1-11(9-10-16(2,3)4)17-15-18-13-8-6-5-7-12(13)14(20)19-15/h5-8,11H,9-10H2,1-4H3,(H2,17,18,19,20). The Bertz CT molecular complexity index is 640. The van der Waals surface area contributed by atoms with Crippen LogP contribution in [0.5, 0.6) is 0 Å². The predicted octanol–water partition coefficient (Wildman–Crippen LogP) is 3.55. The molecule has 1 atom stereocenters. The summed E-state index contributed by atoms with van der Waals surface area (Å²) in [6.45, 7) is 8.81. The summed E-state index contributed by atoms with van der Waals surface area (Å²) >= 11 is 0. The highest BCUT2D eigenvalue weighted by Gasteiger charge is 2.13. The van der Waals surface area contributed by atoms with Gasteiger partial charge in [-0.05, 0) is 37.3 Å². The number of H-pyrrole nitrogens is 1. The van der Waals surface area contributed by atoms with Gasteiger partial charge in [-0.3, -0.25) is 9.78 Å². The lowest BCUT2D eigenvalue weighted by atomic mass is 9.89. The molecule has 0 bridgehead atoms. The summed E-state index contributed by atoms with van der Waals surface area (Å²) in [7, 11) is 0. The molecule has 1 heterocycles. The Morgan fingerprint density at radius 3 is 2.70 bits per heavy atom. The number of benzene rings is 1. The van der Waals surface area contributed by atoms with Crippen LogP contribution in [0.3, 0.4) is 0 Å². The minimum atomic E-state index is -0.0962. The van der Waals surface area contributed by atoms with Crippen molar-refractivity contribution < 1.29 is 0 Å². The third kappa shape index (κ3) is 3.83. The summed E-state index contributed by atoms with van der Waals surface area (Å²) in [5, 5.41) is 3.91. The molecule has 0 radical (unpaired) electrons. The van der Waals surface area contributed by atoms with Gasteiger partial charge in [0.25, 0.3) is 5.56 Å². The highest BCUT2D eigenvalue weighted by molar-refractivity contribution is 5.78. The van der Waals surface area contributed by atoms with E-state index in [1.54, 1.807) is 6.07 Å². The number of nitrogens with zero attached hydrogens (tertiary/aromatic N) is 1. The molecule has 0 spiro atoms. The van der Waals surface area contributed by atoms with Crippen molar-refractivity contribution in [1.82, 2.24) is 9.97 Å². The summed E-state index contributed by atoms with van der Waals surface area (Å²) in [6, 6.07) is 7.65. The molecule has 2 N–H and O–H groups in total. The van der Waals surface area contributed by atoms with Crippen molar-refractivity contribution in [3.05, 3.63) is 34.6 Å². The summed E-state index contributed by atoms with van der Waals surface area (Å²) in [6.07, 6.45) is 2.17. The van der Waals surface area contributed by atoms with Crippen molar-refractivity contribution in [1.29, 1.82) is 0 Å². The first kappa shape index (κ1) is 14.6. The van der Waals surface area contributed by atoms with E-state index in [0.717, 1.165) is 18.4 Å². The van der Waals surface area contributed by atoms with E-state index in [0.29, 0.717) is 16.7 Å². The molecule has 0 saturated heterocycles. The zero-order valence-corrected chi connectivity index (χ0v) is 12.7. The van der Waals surface area contributed by atoms with Gasteiger partial charge in [-0.25, -0.2) is 4.98 Å². The molecule has 4 nitrogen and oxygen atoms in total. The van der Waals surface area contributed by atoms with E-state index in [9.17, 15) is 4.79 Å². The number of anilines is 1. The molecule has 0 fully saturated rings. The van der Waals surface area contributed by atoms with Crippen LogP contribution in [0.1, 0.15) is 40.5 Å². The van der Waals surface area contributed by atoms with E-state index >= 15 is 0 Å². The highest BCUT2D eigenvalue weighted by atomic mass is 16.1. The lowest BCUT2D eigenvalue weighted by Crippen LogP contribution is -2.22. The maximum absolute atomic E-state index is 12.0. The summed E-state index contributed by atoms with van der Waals surface area (Å²) in [5.74, 6) is 0.551. The molecule has 2 aromatic rings. The van der Waals surface area contributed by atoms with Gasteiger partial charge in [0.05, 0.1) is 10.9 Å². The van der Waals surface area contributed by atoms with Crippen LogP contribution in [0.4, 0.5) is 5.95 Å². The second kappa shape index (κ2) is 5.65. The number of fused-ring (bicyclic) bond motifs is 1. The smallest absolute Gasteiger partial charge is 0.260 e. The van der Waals surface area contributed by atoms with Crippen LogP contribution >= 0.6 is 0 Å². The number of aromatic amines is 1. The summed E-state index contributed by atoms with van der Waals surface area (Å²) in [5.41, 5.74) is 0.947. The third-order valence-electron chi connectivity index (χ3n) is 3.32. The normalized spacial score (nSPS) is 13.4. The van der Waals surface area contributed by atoms with Gasteiger partial charge < -0.3 is 5.32 Å². The van der Waals surface area contributed by atoms with Gasteiger partial charge in [-0.2, -0.15) is 0 Å². The summed E-state index contributed by atoms with van der Waals surface area (Å²) < 4.78 is 0. The highest BCUT2D eigenvalue weighted by Crippen LogP contribution is 2.22. The molecule has 0 amide bonds. The number of nitrogens with one attached hydrogen (secondary N) is 2. The Labute approximate surface area is 119 Å². The third-order valence-corrected chi connectivity index (χ3v) is 3.32. The van der Waals surface area contributed by atoms with E-state index in [-0.39, 0.29) is 11.6 Å². The molecule has 0 aliphatic rings. The largest absolute Gasteiger partial charge is 0.353 e. The van der Waals surface area contributed by atoms with Crippen molar-refractivity contribution in [3.8, 4) is 0 Å². The number of aromatic nitrogens is 2. The van der Waals surface area contributed by atoms with Gasteiger partial charge in [0.2, 0.25) is 5.95 Å². The fraction of sp³-hybridized carbons (Fsp3) is 0.500. The van der Waals surface area contributed by atoms with Crippen LogP contribution in [-0.4, -0.2) is 16.0 Å². The van der Waals surface area contributed by atoms with Crippen LogP contribution in [0.25, 0.3) is 10.9 Å². The van der Waals surface area contributed by atoms with Crippen molar-refractivity contribution in [2.45, 2.75) is 46.6 Å². The van der Waals surface area contributed by atoms with Gasteiger partial charge >= 0.3 is 0 Å². The Balaban J connectivity index is 2.12. The maximum atomic E-state index is 12.0. The van der Waals surface area contributed by atoms with Crippen molar-refractivity contribution in [2.24, 2.45) is 5.41 Å². The molecule has 108 valence electrons. The molecular formula is C16H23N3O. The van der Waals surface area contributed by atoms with Crippen LogP contribution < -0.4 is 10.9 Å².